The van der Waals surface area contributed by atoms with Crippen molar-refractivity contribution in [1.29, 1.82) is 0 Å². The van der Waals surface area contributed by atoms with E-state index in [1.54, 1.807) is 6.20 Å². The molecule has 1 aliphatic carbocycles. The maximum Gasteiger partial charge on any atom is 0.0580 e. The fraction of sp³-hybridized carbons (Fsp3) is 0.769. The molecule has 0 aromatic carbocycles. The van der Waals surface area contributed by atoms with Crippen LogP contribution in [0.2, 0.25) is 0 Å². The third-order valence-electron chi connectivity index (χ3n) is 3.62. The molecule has 1 saturated carbocycles. The van der Waals surface area contributed by atoms with E-state index in [0.29, 0.717) is 12.0 Å². The fourth-order valence-electron chi connectivity index (χ4n) is 2.53. The minimum absolute atomic E-state index is 0.104. The van der Waals surface area contributed by atoms with Crippen molar-refractivity contribution in [2.75, 3.05) is 6.54 Å². The van der Waals surface area contributed by atoms with Gasteiger partial charge in [-0.15, -0.1) is 0 Å². The highest BCUT2D eigenvalue weighted by Crippen LogP contribution is 2.23. The molecule has 2 N–H and O–H groups in total. The Bertz CT molecular complexity index is 312. The van der Waals surface area contributed by atoms with Crippen LogP contribution in [-0.2, 0) is 6.54 Å². The number of hydrogen-bond donors (Lipinski definition) is 2. The summed E-state index contributed by atoms with van der Waals surface area (Å²) in [6.45, 7) is 3.97. The minimum atomic E-state index is -0.104. The van der Waals surface area contributed by atoms with Crippen molar-refractivity contribution in [3.63, 3.8) is 0 Å². The topological polar surface area (TPSA) is 50.1 Å². The summed E-state index contributed by atoms with van der Waals surface area (Å²) in [5.41, 5.74) is 0. The van der Waals surface area contributed by atoms with Crippen LogP contribution in [0.3, 0.4) is 0 Å². The first kappa shape index (κ1) is 12.6. The first-order chi connectivity index (χ1) is 8.25. The standard InChI is InChI=1S/C13H23N3O/c1-11(10-16-8-4-7-15-16)14-9-12-5-2-3-6-13(12)17/h4,7-8,11-14,17H,2-3,5-6,9-10H2,1H3/t11-,12+,13+/m1/s1. The average Bonchev–Trinajstić information content (AvgIpc) is 2.81. The molecule has 2 rings (SSSR count). The van der Waals surface area contributed by atoms with Crippen molar-refractivity contribution in [3.05, 3.63) is 18.5 Å². The zero-order valence-electron chi connectivity index (χ0n) is 10.5. The van der Waals surface area contributed by atoms with Crippen LogP contribution in [0.25, 0.3) is 0 Å². The summed E-state index contributed by atoms with van der Waals surface area (Å²) < 4.78 is 1.94. The van der Waals surface area contributed by atoms with E-state index in [9.17, 15) is 5.11 Å². The summed E-state index contributed by atoms with van der Waals surface area (Å²) in [5, 5.41) is 17.6. The lowest BCUT2D eigenvalue weighted by molar-refractivity contribution is 0.0680. The molecule has 1 heterocycles. The third-order valence-corrected chi connectivity index (χ3v) is 3.62. The van der Waals surface area contributed by atoms with Crippen LogP contribution >= 0.6 is 0 Å². The van der Waals surface area contributed by atoms with E-state index in [2.05, 4.69) is 17.3 Å². The molecule has 0 spiro atoms. The molecule has 1 aromatic heterocycles. The smallest absolute Gasteiger partial charge is 0.0580 e. The number of rotatable bonds is 5. The van der Waals surface area contributed by atoms with E-state index < -0.39 is 0 Å². The van der Waals surface area contributed by atoms with Gasteiger partial charge in [-0.05, 0) is 31.7 Å². The van der Waals surface area contributed by atoms with Crippen LogP contribution in [0.15, 0.2) is 18.5 Å². The maximum absolute atomic E-state index is 9.88. The van der Waals surface area contributed by atoms with Crippen molar-refractivity contribution in [2.45, 2.75) is 51.3 Å². The molecule has 1 fully saturated rings. The molecule has 3 atom stereocenters. The summed E-state index contributed by atoms with van der Waals surface area (Å²) in [6, 6.07) is 2.33. The molecule has 0 radical (unpaired) electrons. The first-order valence-corrected chi connectivity index (χ1v) is 6.64. The predicted octanol–water partition coefficient (Wildman–Crippen LogP) is 1.41. The molecule has 0 amide bonds. The Morgan fingerprint density at radius 2 is 2.29 bits per heavy atom. The Hall–Kier alpha value is -0.870. The van der Waals surface area contributed by atoms with Gasteiger partial charge in [0.05, 0.1) is 12.6 Å². The lowest BCUT2D eigenvalue weighted by atomic mass is 9.86. The highest BCUT2D eigenvalue weighted by molar-refractivity contribution is 4.80. The lowest BCUT2D eigenvalue weighted by Gasteiger charge is -2.29. The normalized spacial score (nSPS) is 26.9. The number of nitrogens with one attached hydrogen (secondary N) is 1. The molecule has 0 aliphatic heterocycles. The highest BCUT2D eigenvalue weighted by atomic mass is 16.3. The maximum atomic E-state index is 9.88. The van der Waals surface area contributed by atoms with Crippen LogP contribution in [-0.4, -0.2) is 33.6 Å². The number of nitrogens with zero attached hydrogens (tertiary/aromatic N) is 2. The van der Waals surface area contributed by atoms with Crippen molar-refractivity contribution in [1.82, 2.24) is 15.1 Å². The van der Waals surface area contributed by atoms with E-state index in [-0.39, 0.29) is 6.10 Å². The summed E-state index contributed by atoms with van der Waals surface area (Å²) in [5.74, 6) is 0.434. The van der Waals surface area contributed by atoms with Gasteiger partial charge in [-0.1, -0.05) is 12.8 Å². The Labute approximate surface area is 103 Å². The number of hydrogen-bond acceptors (Lipinski definition) is 3. The molecule has 4 nitrogen and oxygen atoms in total. The summed E-state index contributed by atoms with van der Waals surface area (Å²) in [7, 11) is 0. The van der Waals surface area contributed by atoms with Crippen molar-refractivity contribution in [3.8, 4) is 0 Å². The molecule has 1 aromatic rings. The fourth-order valence-corrected chi connectivity index (χ4v) is 2.53. The highest BCUT2D eigenvalue weighted by Gasteiger charge is 2.22. The summed E-state index contributed by atoms with van der Waals surface area (Å²) in [4.78, 5) is 0. The van der Waals surface area contributed by atoms with Gasteiger partial charge in [0.15, 0.2) is 0 Å². The first-order valence-electron chi connectivity index (χ1n) is 6.64. The molecule has 0 bridgehead atoms. The minimum Gasteiger partial charge on any atom is -0.393 e. The van der Waals surface area contributed by atoms with Crippen LogP contribution in [0.5, 0.6) is 0 Å². The van der Waals surface area contributed by atoms with E-state index in [4.69, 9.17) is 0 Å². The molecular formula is C13H23N3O. The molecule has 96 valence electrons. The zero-order chi connectivity index (χ0) is 12.1. The van der Waals surface area contributed by atoms with Gasteiger partial charge >= 0.3 is 0 Å². The second kappa shape index (κ2) is 6.17. The van der Waals surface area contributed by atoms with Crippen LogP contribution in [0, 0.1) is 5.92 Å². The van der Waals surface area contributed by atoms with E-state index >= 15 is 0 Å². The number of aliphatic hydroxyl groups is 1. The summed E-state index contributed by atoms with van der Waals surface area (Å²) >= 11 is 0. The summed E-state index contributed by atoms with van der Waals surface area (Å²) in [6.07, 6.45) is 8.25. The lowest BCUT2D eigenvalue weighted by Crippen LogP contribution is -2.39. The molecule has 0 unspecified atom stereocenters. The largest absolute Gasteiger partial charge is 0.393 e. The van der Waals surface area contributed by atoms with Gasteiger partial charge in [0.1, 0.15) is 0 Å². The Kier molecular flexibility index (Phi) is 4.57. The zero-order valence-corrected chi connectivity index (χ0v) is 10.5. The van der Waals surface area contributed by atoms with Crippen LogP contribution in [0.4, 0.5) is 0 Å². The molecule has 1 aliphatic rings. The van der Waals surface area contributed by atoms with Gasteiger partial charge in [0.25, 0.3) is 0 Å². The van der Waals surface area contributed by atoms with Crippen molar-refractivity contribution < 1.29 is 5.11 Å². The van der Waals surface area contributed by atoms with Crippen molar-refractivity contribution >= 4 is 0 Å². The second-order valence-electron chi connectivity index (χ2n) is 5.15. The van der Waals surface area contributed by atoms with E-state index in [0.717, 1.165) is 25.9 Å². The third kappa shape index (κ3) is 3.82. The Balaban J connectivity index is 1.70. The second-order valence-corrected chi connectivity index (χ2v) is 5.15. The van der Waals surface area contributed by atoms with Gasteiger partial charge < -0.3 is 10.4 Å². The van der Waals surface area contributed by atoms with Crippen LogP contribution in [0.1, 0.15) is 32.6 Å². The van der Waals surface area contributed by atoms with Crippen molar-refractivity contribution in [2.24, 2.45) is 5.92 Å². The van der Waals surface area contributed by atoms with E-state index in [1.807, 2.05) is 16.9 Å². The van der Waals surface area contributed by atoms with Gasteiger partial charge in [-0.25, -0.2) is 0 Å². The van der Waals surface area contributed by atoms with Gasteiger partial charge in [0, 0.05) is 25.0 Å². The van der Waals surface area contributed by atoms with E-state index in [1.165, 1.54) is 12.8 Å². The molecule has 17 heavy (non-hydrogen) atoms. The molecule has 4 heteroatoms. The predicted molar refractivity (Wildman–Crippen MR) is 67.7 cm³/mol. The van der Waals surface area contributed by atoms with Gasteiger partial charge in [-0.3, -0.25) is 4.68 Å². The van der Waals surface area contributed by atoms with Crippen LogP contribution < -0.4 is 5.32 Å². The SMILES string of the molecule is C[C@H](Cn1cccn1)NC[C@@H]1CCCC[C@@H]1O. The Morgan fingerprint density at radius 1 is 1.47 bits per heavy atom. The average molecular weight is 237 g/mol. The number of aliphatic hydroxyl groups excluding tert-OH is 1. The van der Waals surface area contributed by atoms with Gasteiger partial charge in [-0.2, -0.15) is 5.10 Å². The van der Waals surface area contributed by atoms with Gasteiger partial charge in [0.2, 0.25) is 0 Å². The quantitative estimate of drug-likeness (QED) is 0.814. The monoisotopic (exact) mass is 237 g/mol. The molecular weight excluding hydrogens is 214 g/mol. The Morgan fingerprint density at radius 3 is 3.00 bits per heavy atom. The number of aromatic nitrogens is 2. The molecule has 0 saturated heterocycles.